The molecule has 1 amide bonds. The molecule has 0 saturated carbocycles. The van der Waals surface area contributed by atoms with E-state index in [4.69, 9.17) is 16.3 Å². The van der Waals surface area contributed by atoms with Crippen molar-refractivity contribution in [2.75, 3.05) is 13.2 Å². The highest BCUT2D eigenvalue weighted by molar-refractivity contribution is 6.31. The fourth-order valence-corrected chi connectivity index (χ4v) is 2.90. The number of carbonyl (C=O) groups is 1. The summed E-state index contributed by atoms with van der Waals surface area (Å²) in [5.41, 5.74) is 0.291. The van der Waals surface area contributed by atoms with E-state index in [1.54, 1.807) is 23.1 Å². The topological polar surface area (TPSA) is 75.3 Å². The molecule has 122 valence electrons. The van der Waals surface area contributed by atoms with Gasteiger partial charge in [0.05, 0.1) is 17.4 Å². The molecular weight excluding hydrogens is 318 g/mol. The van der Waals surface area contributed by atoms with Gasteiger partial charge in [0.2, 0.25) is 0 Å². The van der Waals surface area contributed by atoms with Gasteiger partial charge in [0, 0.05) is 18.2 Å². The maximum atomic E-state index is 12.4. The van der Waals surface area contributed by atoms with Crippen molar-refractivity contribution in [3.63, 3.8) is 0 Å². The van der Waals surface area contributed by atoms with Crippen LogP contribution in [0.15, 0.2) is 23.0 Å². The van der Waals surface area contributed by atoms with Crippen molar-refractivity contribution in [3.05, 3.63) is 39.4 Å². The third-order valence-electron chi connectivity index (χ3n) is 3.96. The number of H-pyrrole nitrogens is 1. The molecule has 0 aliphatic carbocycles. The van der Waals surface area contributed by atoms with Crippen molar-refractivity contribution in [1.29, 1.82) is 0 Å². The van der Waals surface area contributed by atoms with E-state index in [1.807, 2.05) is 6.92 Å². The van der Waals surface area contributed by atoms with E-state index in [2.05, 4.69) is 9.97 Å². The lowest BCUT2D eigenvalue weighted by atomic mass is 10.2. The van der Waals surface area contributed by atoms with Gasteiger partial charge in [-0.1, -0.05) is 11.6 Å². The summed E-state index contributed by atoms with van der Waals surface area (Å²) in [6.07, 6.45) is 1.26. The normalized spacial score (nSPS) is 17.6. The zero-order valence-corrected chi connectivity index (χ0v) is 13.6. The second-order valence-electron chi connectivity index (χ2n) is 5.53. The molecule has 1 N–H and O–H groups in total. The first-order valence-electron chi connectivity index (χ1n) is 7.67. The van der Waals surface area contributed by atoms with Crippen LogP contribution in [0.3, 0.4) is 0 Å². The number of hydrogen-bond donors (Lipinski definition) is 1. The summed E-state index contributed by atoms with van der Waals surface area (Å²) in [6.45, 7) is 3.28. The van der Waals surface area contributed by atoms with E-state index in [1.165, 1.54) is 0 Å². The molecule has 7 heteroatoms. The van der Waals surface area contributed by atoms with Crippen LogP contribution < -0.4 is 5.56 Å². The van der Waals surface area contributed by atoms with Crippen molar-refractivity contribution in [3.8, 4) is 0 Å². The smallest absolute Gasteiger partial charge is 0.258 e. The number of nitrogens with one attached hydrogen (secondary N) is 1. The molecular formula is C16H18ClN3O3. The molecule has 0 unspecified atom stereocenters. The van der Waals surface area contributed by atoms with Crippen molar-refractivity contribution in [1.82, 2.24) is 14.9 Å². The SMILES string of the molecule is CCN(Cc1nc2cc(Cl)ccc2c(=O)[nH]1)C(=O)[C@@H]1CCCO1. The third kappa shape index (κ3) is 3.38. The summed E-state index contributed by atoms with van der Waals surface area (Å²) < 4.78 is 5.44. The predicted octanol–water partition coefficient (Wildman–Crippen LogP) is 2.10. The largest absolute Gasteiger partial charge is 0.368 e. The minimum Gasteiger partial charge on any atom is -0.368 e. The standard InChI is InChI=1S/C16H18ClN3O3/c1-2-20(16(22)13-4-3-7-23-13)9-14-18-12-8-10(17)5-6-11(12)15(21)19-14/h5-6,8,13H,2-4,7,9H2,1H3,(H,18,19,21)/t13-/m0/s1. The number of benzene rings is 1. The van der Waals surface area contributed by atoms with Gasteiger partial charge in [-0.05, 0) is 38.0 Å². The minimum atomic E-state index is -0.378. The Morgan fingerprint density at radius 2 is 2.35 bits per heavy atom. The van der Waals surface area contributed by atoms with Gasteiger partial charge < -0.3 is 14.6 Å². The highest BCUT2D eigenvalue weighted by Crippen LogP contribution is 2.17. The Kier molecular flexibility index (Phi) is 4.63. The van der Waals surface area contributed by atoms with Crippen molar-refractivity contribution in [2.45, 2.75) is 32.4 Å². The molecule has 1 atom stereocenters. The number of ether oxygens (including phenoxy) is 1. The molecule has 23 heavy (non-hydrogen) atoms. The van der Waals surface area contributed by atoms with Crippen LogP contribution in [0.2, 0.25) is 5.02 Å². The van der Waals surface area contributed by atoms with Crippen LogP contribution in [0.5, 0.6) is 0 Å². The molecule has 2 heterocycles. The summed E-state index contributed by atoms with van der Waals surface area (Å²) in [5.74, 6) is 0.386. The number of nitrogens with zero attached hydrogens (tertiary/aromatic N) is 2. The molecule has 0 bridgehead atoms. The number of halogens is 1. The highest BCUT2D eigenvalue weighted by Gasteiger charge is 2.28. The zero-order chi connectivity index (χ0) is 16.4. The fourth-order valence-electron chi connectivity index (χ4n) is 2.74. The van der Waals surface area contributed by atoms with Crippen LogP contribution in [0, 0.1) is 0 Å². The lowest BCUT2D eigenvalue weighted by Crippen LogP contribution is -2.39. The average Bonchev–Trinajstić information content (AvgIpc) is 3.06. The number of likely N-dealkylation sites (N-methyl/N-ethyl adjacent to an activating group) is 1. The molecule has 3 rings (SSSR count). The molecule has 0 spiro atoms. The van der Waals surface area contributed by atoms with Crippen LogP contribution in [0.4, 0.5) is 0 Å². The van der Waals surface area contributed by atoms with Crippen LogP contribution >= 0.6 is 11.6 Å². The Morgan fingerprint density at radius 3 is 3.04 bits per heavy atom. The quantitative estimate of drug-likeness (QED) is 0.928. The third-order valence-corrected chi connectivity index (χ3v) is 4.19. The molecule has 0 radical (unpaired) electrons. The van der Waals surface area contributed by atoms with E-state index in [0.29, 0.717) is 34.9 Å². The Morgan fingerprint density at radius 1 is 1.52 bits per heavy atom. The molecule has 6 nitrogen and oxygen atoms in total. The van der Waals surface area contributed by atoms with Gasteiger partial charge in [-0.3, -0.25) is 9.59 Å². The number of amides is 1. The van der Waals surface area contributed by atoms with Crippen LogP contribution in [0.1, 0.15) is 25.6 Å². The number of aromatic nitrogens is 2. The Balaban J connectivity index is 1.87. The van der Waals surface area contributed by atoms with Gasteiger partial charge in [-0.25, -0.2) is 4.98 Å². The maximum absolute atomic E-state index is 12.4. The summed E-state index contributed by atoms with van der Waals surface area (Å²) in [5, 5.41) is 0.996. The van der Waals surface area contributed by atoms with E-state index >= 15 is 0 Å². The number of aromatic amines is 1. The van der Waals surface area contributed by atoms with E-state index in [0.717, 1.165) is 12.8 Å². The van der Waals surface area contributed by atoms with Crippen molar-refractivity contribution in [2.24, 2.45) is 0 Å². The van der Waals surface area contributed by atoms with Crippen molar-refractivity contribution < 1.29 is 9.53 Å². The first-order valence-corrected chi connectivity index (χ1v) is 8.05. The molecule has 2 aromatic rings. The number of rotatable bonds is 4. The van der Waals surface area contributed by atoms with Gasteiger partial charge in [0.1, 0.15) is 11.9 Å². The van der Waals surface area contributed by atoms with E-state index < -0.39 is 0 Å². The summed E-state index contributed by atoms with van der Waals surface area (Å²) >= 11 is 5.96. The average molecular weight is 336 g/mol. The van der Waals surface area contributed by atoms with Gasteiger partial charge in [-0.15, -0.1) is 0 Å². The predicted molar refractivity (Wildman–Crippen MR) is 87.4 cm³/mol. The Labute approximate surface area is 138 Å². The zero-order valence-electron chi connectivity index (χ0n) is 12.8. The lowest BCUT2D eigenvalue weighted by molar-refractivity contribution is -0.141. The Hall–Kier alpha value is -1.92. The first-order chi connectivity index (χ1) is 11.1. The van der Waals surface area contributed by atoms with Crippen molar-refractivity contribution >= 4 is 28.4 Å². The monoisotopic (exact) mass is 335 g/mol. The second kappa shape index (κ2) is 6.68. The molecule has 1 aromatic heterocycles. The van der Waals surface area contributed by atoms with E-state index in [-0.39, 0.29) is 24.1 Å². The Bertz CT molecular complexity index is 784. The fraction of sp³-hybridized carbons (Fsp3) is 0.438. The summed E-state index contributed by atoms with van der Waals surface area (Å²) in [6, 6.07) is 4.94. The molecule has 1 saturated heterocycles. The number of carbonyl (C=O) groups excluding carboxylic acids is 1. The van der Waals surface area contributed by atoms with Gasteiger partial charge in [-0.2, -0.15) is 0 Å². The highest BCUT2D eigenvalue weighted by atomic mass is 35.5. The van der Waals surface area contributed by atoms with Crippen LogP contribution in [0.25, 0.3) is 10.9 Å². The molecule has 1 aliphatic rings. The van der Waals surface area contributed by atoms with Gasteiger partial charge in [0.15, 0.2) is 0 Å². The minimum absolute atomic E-state index is 0.0566. The van der Waals surface area contributed by atoms with Gasteiger partial charge in [0.25, 0.3) is 11.5 Å². The molecule has 1 aromatic carbocycles. The van der Waals surface area contributed by atoms with Crippen LogP contribution in [-0.4, -0.2) is 40.0 Å². The van der Waals surface area contributed by atoms with E-state index in [9.17, 15) is 9.59 Å². The summed E-state index contributed by atoms with van der Waals surface area (Å²) in [7, 11) is 0. The number of hydrogen-bond acceptors (Lipinski definition) is 4. The van der Waals surface area contributed by atoms with Crippen LogP contribution in [-0.2, 0) is 16.1 Å². The molecule has 1 fully saturated rings. The number of fused-ring (bicyclic) bond motifs is 1. The maximum Gasteiger partial charge on any atom is 0.258 e. The molecule has 1 aliphatic heterocycles. The second-order valence-corrected chi connectivity index (χ2v) is 5.96. The lowest BCUT2D eigenvalue weighted by Gasteiger charge is -2.23. The first kappa shape index (κ1) is 16.0. The summed E-state index contributed by atoms with van der Waals surface area (Å²) in [4.78, 5) is 33.4. The van der Waals surface area contributed by atoms with Gasteiger partial charge >= 0.3 is 0 Å².